The zero-order valence-corrected chi connectivity index (χ0v) is 16.5. The Balaban J connectivity index is 1.49. The molecule has 0 aromatic heterocycles. The number of carbonyl (C=O) groups excluding carboxylic acids is 1. The van der Waals surface area contributed by atoms with Crippen molar-refractivity contribution in [1.29, 1.82) is 0 Å². The van der Waals surface area contributed by atoms with Gasteiger partial charge in [0, 0.05) is 35.7 Å². The van der Waals surface area contributed by atoms with Crippen LogP contribution in [-0.4, -0.2) is 32.2 Å². The van der Waals surface area contributed by atoms with Crippen LogP contribution < -0.4 is 16.0 Å². The number of carbonyl (C=O) groups is 1. The molecule has 29 heavy (non-hydrogen) atoms. The molecule has 148 valence electrons. The topological polar surface area (TPSA) is 67.6 Å². The van der Waals surface area contributed by atoms with Crippen LogP contribution in [0.25, 0.3) is 11.1 Å². The molecule has 0 unspecified atom stereocenters. The normalized spacial score (nSPS) is 13.9. The highest BCUT2D eigenvalue weighted by molar-refractivity contribution is 6.05. The number of ether oxygens (including phenoxy) is 1. The molecule has 0 atom stereocenters. The molecular formula is C24H25N3O2. The van der Waals surface area contributed by atoms with Gasteiger partial charge < -0.3 is 20.7 Å². The van der Waals surface area contributed by atoms with Crippen molar-refractivity contribution < 1.29 is 9.53 Å². The second kappa shape index (κ2) is 8.37. The van der Waals surface area contributed by atoms with Crippen molar-refractivity contribution in [3.05, 3.63) is 77.9 Å². The van der Waals surface area contributed by atoms with E-state index in [1.54, 1.807) is 0 Å². The van der Waals surface area contributed by atoms with Gasteiger partial charge in [-0.1, -0.05) is 18.2 Å². The smallest absolute Gasteiger partial charge is 0.255 e. The Kier molecular flexibility index (Phi) is 5.49. The van der Waals surface area contributed by atoms with E-state index in [0.29, 0.717) is 5.56 Å². The van der Waals surface area contributed by atoms with E-state index in [0.717, 1.165) is 60.1 Å². The molecule has 1 fully saturated rings. The summed E-state index contributed by atoms with van der Waals surface area (Å²) in [4.78, 5) is 15.1. The van der Waals surface area contributed by atoms with Gasteiger partial charge in [0.1, 0.15) is 0 Å². The summed E-state index contributed by atoms with van der Waals surface area (Å²) in [5, 5.41) is 2.99. The molecule has 1 aliphatic heterocycles. The van der Waals surface area contributed by atoms with Crippen molar-refractivity contribution in [1.82, 2.24) is 0 Å². The van der Waals surface area contributed by atoms with Crippen LogP contribution in [0, 0.1) is 6.92 Å². The lowest BCUT2D eigenvalue weighted by atomic mass is 9.97. The molecule has 0 radical (unpaired) electrons. The highest BCUT2D eigenvalue weighted by Crippen LogP contribution is 2.26. The zero-order valence-electron chi connectivity index (χ0n) is 16.5. The Morgan fingerprint density at radius 1 is 0.966 bits per heavy atom. The first-order chi connectivity index (χ1) is 14.1. The predicted molar refractivity (Wildman–Crippen MR) is 118 cm³/mol. The number of amides is 1. The molecule has 4 rings (SSSR count). The van der Waals surface area contributed by atoms with Crippen LogP contribution >= 0.6 is 0 Å². The molecule has 5 nitrogen and oxygen atoms in total. The number of nitrogens with one attached hydrogen (secondary N) is 1. The monoisotopic (exact) mass is 387 g/mol. The first-order valence-electron chi connectivity index (χ1n) is 9.81. The van der Waals surface area contributed by atoms with Crippen LogP contribution in [0.5, 0.6) is 0 Å². The molecule has 0 saturated carbocycles. The van der Waals surface area contributed by atoms with E-state index in [1.165, 1.54) is 0 Å². The van der Waals surface area contributed by atoms with Crippen LogP contribution in [0.4, 0.5) is 17.1 Å². The van der Waals surface area contributed by atoms with Crippen molar-refractivity contribution in [2.45, 2.75) is 6.92 Å². The molecule has 1 saturated heterocycles. The fourth-order valence-corrected chi connectivity index (χ4v) is 3.52. The standard InChI is InChI=1S/C24H25N3O2/c1-17-2-3-19(16-23(17)18-4-6-20(25)7-5-18)24(28)26-21-8-10-22(11-9-21)27-12-14-29-15-13-27/h2-11,16H,12-15,25H2,1H3,(H,26,28). The molecule has 0 aliphatic carbocycles. The molecule has 3 aromatic carbocycles. The van der Waals surface area contributed by atoms with Crippen LogP contribution in [0.1, 0.15) is 15.9 Å². The predicted octanol–water partition coefficient (Wildman–Crippen LogP) is 4.33. The van der Waals surface area contributed by atoms with E-state index < -0.39 is 0 Å². The minimum Gasteiger partial charge on any atom is -0.399 e. The van der Waals surface area contributed by atoms with Gasteiger partial charge in [0.15, 0.2) is 0 Å². The number of hydrogen-bond acceptors (Lipinski definition) is 4. The molecule has 1 aliphatic rings. The molecule has 5 heteroatoms. The highest BCUT2D eigenvalue weighted by atomic mass is 16.5. The number of rotatable bonds is 4. The van der Waals surface area contributed by atoms with Gasteiger partial charge in [-0.25, -0.2) is 0 Å². The van der Waals surface area contributed by atoms with E-state index in [9.17, 15) is 4.79 Å². The SMILES string of the molecule is Cc1ccc(C(=O)Nc2ccc(N3CCOCC3)cc2)cc1-c1ccc(N)cc1. The van der Waals surface area contributed by atoms with E-state index in [4.69, 9.17) is 10.5 Å². The second-order valence-corrected chi connectivity index (χ2v) is 7.25. The summed E-state index contributed by atoms with van der Waals surface area (Å²) in [5.41, 5.74) is 12.2. The summed E-state index contributed by atoms with van der Waals surface area (Å²) in [6.45, 7) is 5.33. The van der Waals surface area contributed by atoms with Crippen molar-refractivity contribution in [2.24, 2.45) is 0 Å². The maximum Gasteiger partial charge on any atom is 0.255 e. The summed E-state index contributed by atoms with van der Waals surface area (Å²) in [5.74, 6) is -0.124. The number of nitrogens with two attached hydrogens (primary N) is 1. The van der Waals surface area contributed by atoms with E-state index >= 15 is 0 Å². The minimum atomic E-state index is -0.124. The molecule has 1 heterocycles. The number of nitrogens with zero attached hydrogens (tertiary/aromatic N) is 1. The van der Waals surface area contributed by atoms with Gasteiger partial charge in [0.2, 0.25) is 0 Å². The van der Waals surface area contributed by atoms with Crippen LogP contribution in [0.3, 0.4) is 0 Å². The molecule has 3 N–H and O–H groups in total. The molecule has 0 bridgehead atoms. The minimum absolute atomic E-state index is 0.124. The van der Waals surface area contributed by atoms with Crippen LogP contribution in [0.2, 0.25) is 0 Å². The van der Waals surface area contributed by atoms with Gasteiger partial charge in [-0.05, 0) is 72.1 Å². The van der Waals surface area contributed by atoms with Gasteiger partial charge in [0.25, 0.3) is 5.91 Å². The van der Waals surface area contributed by atoms with Gasteiger partial charge in [0.05, 0.1) is 13.2 Å². The Hall–Kier alpha value is -3.31. The van der Waals surface area contributed by atoms with Gasteiger partial charge in [-0.3, -0.25) is 4.79 Å². The lowest BCUT2D eigenvalue weighted by molar-refractivity contribution is 0.102. The summed E-state index contributed by atoms with van der Waals surface area (Å²) in [7, 11) is 0. The van der Waals surface area contributed by atoms with Crippen molar-refractivity contribution in [3.63, 3.8) is 0 Å². The van der Waals surface area contributed by atoms with E-state index in [2.05, 4.69) is 10.2 Å². The summed E-state index contributed by atoms with van der Waals surface area (Å²) < 4.78 is 5.40. The Morgan fingerprint density at radius 2 is 1.66 bits per heavy atom. The lowest BCUT2D eigenvalue weighted by Gasteiger charge is -2.28. The van der Waals surface area contributed by atoms with Crippen LogP contribution in [-0.2, 0) is 4.74 Å². The Morgan fingerprint density at radius 3 is 2.34 bits per heavy atom. The maximum atomic E-state index is 12.8. The van der Waals surface area contributed by atoms with Gasteiger partial charge in [-0.15, -0.1) is 0 Å². The second-order valence-electron chi connectivity index (χ2n) is 7.25. The number of aryl methyl sites for hydroxylation is 1. The van der Waals surface area contributed by atoms with Crippen molar-refractivity contribution >= 4 is 23.0 Å². The highest BCUT2D eigenvalue weighted by Gasteiger charge is 2.13. The van der Waals surface area contributed by atoms with E-state index in [-0.39, 0.29) is 5.91 Å². The number of hydrogen-bond donors (Lipinski definition) is 2. The molecular weight excluding hydrogens is 362 g/mol. The average molecular weight is 387 g/mol. The Labute approximate surface area is 171 Å². The van der Waals surface area contributed by atoms with E-state index in [1.807, 2.05) is 73.7 Å². The van der Waals surface area contributed by atoms with Crippen molar-refractivity contribution in [2.75, 3.05) is 42.3 Å². The third-order valence-electron chi connectivity index (χ3n) is 5.22. The maximum absolute atomic E-state index is 12.8. The first-order valence-corrected chi connectivity index (χ1v) is 9.81. The zero-order chi connectivity index (χ0) is 20.2. The quantitative estimate of drug-likeness (QED) is 0.654. The molecule has 3 aromatic rings. The number of benzene rings is 3. The van der Waals surface area contributed by atoms with Gasteiger partial charge in [-0.2, -0.15) is 0 Å². The first kappa shape index (κ1) is 19.0. The lowest BCUT2D eigenvalue weighted by Crippen LogP contribution is -2.36. The van der Waals surface area contributed by atoms with Crippen LogP contribution in [0.15, 0.2) is 66.7 Å². The number of anilines is 3. The third kappa shape index (κ3) is 4.41. The van der Waals surface area contributed by atoms with Gasteiger partial charge >= 0.3 is 0 Å². The Bertz CT molecular complexity index is 992. The number of morpholine rings is 1. The summed E-state index contributed by atoms with van der Waals surface area (Å²) in [6, 6.07) is 21.4. The fourth-order valence-electron chi connectivity index (χ4n) is 3.52. The summed E-state index contributed by atoms with van der Waals surface area (Å²) in [6.07, 6.45) is 0. The number of nitrogen functional groups attached to an aromatic ring is 1. The van der Waals surface area contributed by atoms with Crippen molar-refractivity contribution in [3.8, 4) is 11.1 Å². The third-order valence-corrected chi connectivity index (χ3v) is 5.22. The molecule has 0 spiro atoms. The largest absolute Gasteiger partial charge is 0.399 e. The average Bonchev–Trinajstić information content (AvgIpc) is 2.76. The fraction of sp³-hybridized carbons (Fsp3) is 0.208. The summed E-state index contributed by atoms with van der Waals surface area (Å²) >= 11 is 0. The molecule has 1 amide bonds.